The third-order valence-electron chi connectivity index (χ3n) is 3.61. The summed E-state index contributed by atoms with van der Waals surface area (Å²) in [5, 5.41) is 3.10. The van der Waals surface area contributed by atoms with Crippen molar-refractivity contribution in [1.29, 1.82) is 0 Å². The molecule has 1 saturated carbocycles. The number of rotatable bonds is 2. The van der Waals surface area contributed by atoms with Gasteiger partial charge in [-0.3, -0.25) is 4.79 Å². The zero-order chi connectivity index (χ0) is 13.6. The Morgan fingerprint density at radius 3 is 2.84 bits per heavy atom. The summed E-state index contributed by atoms with van der Waals surface area (Å²) in [5.41, 5.74) is 0.806. The Labute approximate surface area is 113 Å². The Hall–Kier alpha value is -1.71. The SMILES string of the molecule is CC(C)(C)C(=O)NC1CC1c1cccc2c1OCO2. The zero-order valence-electron chi connectivity index (χ0n) is 11.5. The van der Waals surface area contributed by atoms with Gasteiger partial charge in [-0.2, -0.15) is 0 Å². The van der Waals surface area contributed by atoms with Crippen molar-refractivity contribution in [2.75, 3.05) is 6.79 Å². The Morgan fingerprint density at radius 1 is 1.32 bits per heavy atom. The van der Waals surface area contributed by atoms with Gasteiger partial charge in [0.2, 0.25) is 12.7 Å². The molecule has 0 spiro atoms. The maximum atomic E-state index is 12.0. The van der Waals surface area contributed by atoms with Crippen LogP contribution >= 0.6 is 0 Å². The van der Waals surface area contributed by atoms with Gasteiger partial charge in [-0.1, -0.05) is 32.9 Å². The number of para-hydroxylation sites is 1. The first-order valence-electron chi connectivity index (χ1n) is 6.66. The van der Waals surface area contributed by atoms with Gasteiger partial charge in [-0.05, 0) is 12.5 Å². The third-order valence-corrected chi connectivity index (χ3v) is 3.61. The average Bonchev–Trinajstić information content (AvgIpc) is 2.92. The van der Waals surface area contributed by atoms with Crippen LogP contribution in [0, 0.1) is 5.41 Å². The molecule has 4 nitrogen and oxygen atoms in total. The first kappa shape index (κ1) is 12.3. The third kappa shape index (κ3) is 2.27. The van der Waals surface area contributed by atoms with E-state index in [0.29, 0.717) is 5.92 Å². The van der Waals surface area contributed by atoms with Gasteiger partial charge in [0.15, 0.2) is 11.5 Å². The van der Waals surface area contributed by atoms with Gasteiger partial charge in [-0.15, -0.1) is 0 Å². The van der Waals surface area contributed by atoms with Crippen LogP contribution in [0.2, 0.25) is 0 Å². The van der Waals surface area contributed by atoms with Crippen LogP contribution in [0.5, 0.6) is 11.5 Å². The summed E-state index contributed by atoms with van der Waals surface area (Å²) in [5.74, 6) is 2.11. The Morgan fingerprint density at radius 2 is 2.11 bits per heavy atom. The molecule has 1 heterocycles. The number of benzene rings is 1. The van der Waals surface area contributed by atoms with Crippen LogP contribution in [-0.4, -0.2) is 18.7 Å². The van der Waals surface area contributed by atoms with Crippen molar-refractivity contribution < 1.29 is 14.3 Å². The normalized spacial score (nSPS) is 24.2. The molecule has 1 amide bonds. The van der Waals surface area contributed by atoms with E-state index in [1.807, 2.05) is 32.9 Å². The highest BCUT2D eigenvalue weighted by atomic mass is 16.7. The van der Waals surface area contributed by atoms with Crippen molar-refractivity contribution in [3.05, 3.63) is 23.8 Å². The smallest absolute Gasteiger partial charge is 0.231 e. The number of carbonyl (C=O) groups is 1. The second kappa shape index (κ2) is 4.15. The Kier molecular flexibility index (Phi) is 2.69. The largest absolute Gasteiger partial charge is 0.454 e. The summed E-state index contributed by atoms with van der Waals surface area (Å²) in [7, 11) is 0. The summed E-state index contributed by atoms with van der Waals surface area (Å²) in [6.07, 6.45) is 0.974. The fourth-order valence-corrected chi connectivity index (χ4v) is 2.33. The lowest BCUT2D eigenvalue weighted by Gasteiger charge is -2.17. The van der Waals surface area contributed by atoms with Crippen LogP contribution in [0.3, 0.4) is 0 Å². The Bertz CT molecular complexity index is 519. The van der Waals surface area contributed by atoms with Gasteiger partial charge in [-0.25, -0.2) is 0 Å². The molecule has 0 bridgehead atoms. The number of carbonyl (C=O) groups excluding carboxylic acids is 1. The van der Waals surface area contributed by atoms with Gasteiger partial charge < -0.3 is 14.8 Å². The minimum Gasteiger partial charge on any atom is -0.454 e. The van der Waals surface area contributed by atoms with E-state index in [2.05, 4.69) is 11.4 Å². The van der Waals surface area contributed by atoms with Crippen molar-refractivity contribution in [3.63, 3.8) is 0 Å². The molecule has 0 radical (unpaired) electrons. The van der Waals surface area contributed by atoms with Gasteiger partial charge in [0.1, 0.15) is 0 Å². The summed E-state index contributed by atoms with van der Waals surface area (Å²) in [4.78, 5) is 12.0. The highest BCUT2D eigenvalue weighted by molar-refractivity contribution is 5.82. The van der Waals surface area contributed by atoms with E-state index in [1.54, 1.807) is 0 Å². The van der Waals surface area contributed by atoms with Gasteiger partial charge >= 0.3 is 0 Å². The molecule has 1 fully saturated rings. The standard InChI is InChI=1S/C15H19NO3/c1-15(2,3)14(17)16-11-7-10(11)9-5-4-6-12-13(9)19-8-18-12/h4-6,10-11H,7-8H2,1-3H3,(H,16,17). The van der Waals surface area contributed by atoms with E-state index in [0.717, 1.165) is 23.5 Å². The average molecular weight is 261 g/mol. The first-order valence-corrected chi connectivity index (χ1v) is 6.66. The van der Waals surface area contributed by atoms with E-state index in [9.17, 15) is 4.79 Å². The van der Waals surface area contributed by atoms with Crippen molar-refractivity contribution in [1.82, 2.24) is 5.32 Å². The molecule has 1 aromatic rings. The number of fused-ring (bicyclic) bond motifs is 1. The van der Waals surface area contributed by atoms with Crippen LogP contribution in [0.1, 0.15) is 38.7 Å². The second-order valence-corrected chi connectivity index (χ2v) is 6.25. The van der Waals surface area contributed by atoms with Crippen LogP contribution in [0.25, 0.3) is 0 Å². The van der Waals surface area contributed by atoms with Gasteiger partial charge in [0.05, 0.1) is 0 Å². The molecular formula is C15H19NO3. The minimum absolute atomic E-state index is 0.102. The van der Waals surface area contributed by atoms with Crippen molar-refractivity contribution in [3.8, 4) is 11.5 Å². The van der Waals surface area contributed by atoms with Crippen molar-refractivity contribution in [2.45, 2.75) is 39.2 Å². The van der Waals surface area contributed by atoms with Gasteiger partial charge in [0.25, 0.3) is 0 Å². The maximum Gasteiger partial charge on any atom is 0.231 e. The molecule has 1 N–H and O–H groups in total. The Balaban J connectivity index is 1.71. The molecule has 3 rings (SSSR count). The fourth-order valence-electron chi connectivity index (χ4n) is 2.33. The predicted molar refractivity (Wildman–Crippen MR) is 71.3 cm³/mol. The highest BCUT2D eigenvalue weighted by Crippen LogP contribution is 2.49. The number of nitrogens with one attached hydrogen (secondary N) is 1. The van der Waals surface area contributed by atoms with Crippen molar-refractivity contribution in [2.24, 2.45) is 5.41 Å². The quantitative estimate of drug-likeness (QED) is 0.889. The van der Waals surface area contributed by atoms with E-state index < -0.39 is 0 Å². The number of amides is 1. The van der Waals surface area contributed by atoms with Crippen LogP contribution < -0.4 is 14.8 Å². The maximum absolute atomic E-state index is 12.0. The van der Waals surface area contributed by atoms with Crippen LogP contribution in [0.4, 0.5) is 0 Å². The van der Waals surface area contributed by atoms with Crippen LogP contribution in [-0.2, 0) is 4.79 Å². The first-order chi connectivity index (χ1) is 8.97. The van der Waals surface area contributed by atoms with E-state index in [-0.39, 0.29) is 24.2 Å². The second-order valence-electron chi connectivity index (χ2n) is 6.25. The molecule has 102 valence electrons. The zero-order valence-corrected chi connectivity index (χ0v) is 11.5. The molecule has 1 aliphatic carbocycles. The lowest BCUT2D eigenvalue weighted by atomic mass is 9.95. The summed E-state index contributed by atoms with van der Waals surface area (Å²) in [6, 6.07) is 6.17. The van der Waals surface area contributed by atoms with E-state index in [1.165, 1.54) is 0 Å². The summed E-state index contributed by atoms with van der Waals surface area (Å²) >= 11 is 0. The molecule has 2 atom stereocenters. The van der Waals surface area contributed by atoms with Crippen molar-refractivity contribution >= 4 is 5.91 Å². The lowest BCUT2D eigenvalue weighted by Crippen LogP contribution is -2.36. The predicted octanol–water partition coefficient (Wildman–Crippen LogP) is 2.43. The molecule has 1 aromatic carbocycles. The molecule has 2 aliphatic rings. The number of hydrogen-bond acceptors (Lipinski definition) is 3. The number of hydrogen-bond donors (Lipinski definition) is 1. The highest BCUT2D eigenvalue weighted by Gasteiger charge is 2.43. The topological polar surface area (TPSA) is 47.6 Å². The summed E-state index contributed by atoms with van der Waals surface area (Å²) in [6.45, 7) is 6.07. The molecule has 4 heteroatoms. The molecule has 2 unspecified atom stereocenters. The molecule has 0 aromatic heterocycles. The van der Waals surface area contributed by atoms with Gasteiger partial charge in [0, 0.05) is 22.9 Å². The monoisotopic (exact) mass is 261 g/mol. The molecule has 19 heavy (non-hydrogen) atoms. The number of ether oxygens (including phenoxy) is 2. The minimum atomic E-state index is -0.342. The molecule has 0 saturated heterocycles. The summed E-state index contributed by atoms with van der Waals surface area (Å²) < 4.78 is 10.9. The lowest BCUT2D eigenvalue weighted by molar-refractivity contribution is -0.128. The van der Waals surface area contributed by atoms with E-state index in [4.69, 9.17) is 9.47 Å². The van der Waals surface area contributed by atoms with E-state index >= 15 is 0 Å². The molecular weight excluding hydrogens is 242 g/mol. The fraction of sp³-hybridized carbons (Fsp3) is 0.533. The molecule has 1 aliphatic heterocycles. The van der Waals surface area contributed by atoms with Crippen LogP contribution in [0.15, 0.2) is 18.2 Å².